The molecule has 1 heterocycles. The van der Waals surface area contributed by atoms with Gasteiger partial charge in [0, 0.05) is 24.5 Å². The van der Waals surface area contributed by atoms with E-state index >= 15 is 0 Å². The predicted molar refractivity (Wildman–Crippen MR) is 140 cm³/mol. The van der Waals surface area contributed by atoms with Gasteiger partial charge in [-0.25, -0.2) is 18.1 Å². The lowest BCUT2D eigenvalue weighted by Gasteiger charge is -2.11. The number of halogens is 2. The minimum absolute atomic E-state index is 0. The van der Waals surface area contributed by atoms with Crippen molar-refractivity contribution >= 4 is 51.1 Å². The van der Waals surface area contributed by atoms with Gasteiger partial charge in [-0.3, -0.25) is 0 Å². The van der Waals surface area contributed by atoms with E-state index in [1.54, 1.807) is 37.4 Å². The van der Waals surface area contributed by atoms with Gasteiger partial charge in [-0.15, -0.1) is 23.7 Å². The van der Waals surface area contributed by atoms with Crippen molar-refractivity contribution in [2.75, 3.05) is 7.11 Å². The lowest BCUT2D eigenvalue weighted by Crippen LogP contribution is -2.23. The van der Waals surface area contributed by atoms with Gasteiger partial charge < -0.3 is 9.30 Å². The number of nitrogens with one attached hydrogen (secondary N) is 1. The Labute approximate surface area is 214 Å². The number of aromatic nitrogens is 1. The van der Waals surface area contributed by atoms with Crippen LogP contribution in [0.15, 0.2) is 88.1 Å². The van der Waals surface area contributed by atoms with Crippen LogP contribution in [0.1, 0.15) is 5.56 Å². The van der Waals surface area contributed by atoms with Crippen molar-refractivity contribution in [2.24, 2.45) is 12.0 Å². The van der Waals surface area contributed by atoms with E-state index in [0.29, 0.717) is 5.75 Å². The van der Waals surface area contributed by atoms with E-state index in [0.717, 1.165) is 27.3 Å². The summed E-state index contributed by atoms with van der Waals surface area (Å²) >= 11 is 7.77. The summed E-state index contributed by atoms with van der Waals surface area (Å²) in [6.45, 7) is 0.138. The molecule has 0 aliphatic carbocycles. The summed E-state index contributed by atoms with van der Waals surface area (Å²) in [5, 5.41) is 2.11. The van der Waals surface area contributed by atoms with Crippen LogP contribution in [0.3, 0.4) is 0 Å². The highest BCUT2D eigenvalue weighted by Gasteiger charge is 2.19. The fraction of sp³-hybridized carbons (Fsp3) is 0.125. The van der Waals surface area contributed by atoms with Crippen LogP contribution in [0.5, 0.6) is 5.75 Å². The monoisotopic (exact) mass is 535 g/mol. The molecule has 0 spiro atoms. The van der Waals surface area contributed by atoms with E-state index in [1.165, 1.54) is 11.3 Å². The summed E-state index contributed by atoms with van der Waals surface area (Å²) in [5.41, 5.74) is 3.24. The quantitative estimate of drug-likeness (QED) is 0.337. The minimum Gasteiger partial charge on any atom is -0.497 e. The molecule has 0 fully saturated rings. The maximum atomic E-state index is 13.0. The first-order chi connectivity index (χ1) is 15.9. The number of benzene rings is 3. The van der Waals surface area contributed by atoms with Crippen LogP contribution in [0, 0.1) is 0 Å². The summed E-state index contributed by atoms with van der Waals surface area (Å²) in [4.78, 5) is 5.50. The molecule has 0 aliphatic heterocycles. The van der Waals surface area contributed by atoms with E-state index in [9.17, 15) is 8.42 Å². The van der Waals surface area contributed by atoms with Crippen LogP contribution in [-0.4, -0.2) is 20.1 Å². The molecule has 0 aliphatic rings. The smallest absolute Gasteiger partial charge is 0.242 e. The van der Waals surface area contributed by atoms with Crippen molar-refractivity contribution in [1.29, 1.82) is 0 Å². The van der Waals surface area contributed by atoms with Gasteiger partial charge in [0.15, 0.2) is 4.80 Å². The van der Waals surface area contributed by atoms with Crippen molar-refractivity contribution in [3.8, 4) is 17.0 Å². The van der Waals surface area contributed by atoms with Gasteiger partial charge in [-0.2, -0.15) is 0 Å². The van der Waals surface area contributed by atoms with Gasteiger partial charge in [0.1, 0.15) is 10.6 Å². The molecule has 0 radical (unpaired) electrons. The van der Waals surface area contributed by atoms with E-state index in [2.05, 4.69) is 9.71 Å². The zero-order valence-corrected chi connectivity index (χ0v) is 21.6. The molecule has 0 saturated heterocycles. The second-order valence-corrected chi connectivity index (χ2v) is 10.2. The second kappa shape index (κ2) is 11.2. The molecule has 0 saturated carbocycles. The first kappa shape index (κ1) is 26.0. The fourth-order valence-electron chi connectivity index (χ4n) is 3.21. The van der Waals surface area contributed by atoms with Crippen LogP contribution >= 0.6 is 35.3 Å². The molecule has 0 unspecified atom stereocenters. The number of methoxy groups -OCH3 is 1. The zero-order chi connectivity index (χ0) is 23.4. The Kier molecular flexibility index (Phi) is 8.57. The molecular formula is C24H23Cl2N3O3S2. The van der Waals surface area contributed by atoms with E-state index < -0.39 is 10.0 Å². The molecule has 0 amide bonds. The van der Waals surface area contributed by atoms with Gasteiger partial charge in [-0.05, 0) is 42.0 Å². The van der Waals surface area contributed by atoms with Crippen molar-refractivity contribution < 1.29 is 13.2 Å². The highest BCUT2D eigenvalue weighted by molar-refractivity contribution is 7.89. The first-order valence-corrected chi connectivity index (χ1v) is 12.8. The molecule has 4 aromatic rings. The molecule has 10 heteroatoms. The van der Waals surface area contributed by atoms with Crippen molar-refractivity contribution in [1.82, 2.24) is 9.29 Å². The number of hydrogen-bond donors (Lipinski definition) is 1. The Morgan fingerprint density at radius 1 is 1.06 bits per heavy atom. The van der Waals surface area contributed by atoms with Gasteiger partial charge in [0.05, 0.1) is 23.5 Å². The zero-order valence-electron chi connectivity index (χ0n) is 18.4. The molecule has 178 valence electrons. The lowest BCUT2D eigenvalue weighted by molar-refractivity contribution is 0.414. The minimum atomic E-state index is -3.83. The van der Waals surface area contributed by atoms with Crippen LogP contribution in [0.4, 0.5) is 5.69 Å². The van der Waals surface area contributed by atoms with Crippen LogP contribution in [0.2, 0.25) is 5.02 Å². The van der Waals surface area contributed by atoms with E-state index in [1.807, 2.05) is 59.5 Å². The molecule has 3 aromatic carbocycles. The molecule has 0 atom stereocenters. The van der Waals surface area contributed by atoms with Crippen molar-refractivity contribution in [3.05, 3.63) is 93.6 Å². The summed E-state index contributed by atoms with van der Waals surface area (Å²) in [6.07, 6.45) is 0. The molecule has 4 rings (SSSR count). The van der Waals surface area contributed by atoms with E-state index in [-0.39, 0.29) is 28.9 Å². The normalized spacial score (nSPS) is 11.8. The predicted octanol–water partition coefficient (Wildman–Crippen LogP) is 5.55. The molecule has 0 bridgehead atoms. The van der Waals surface area contributed by atoms with Gasteiger partial charge in [0.25, 0.3) is 0 Å². The second-order valence-electron chi connectivity index (χ2n) is 7.23. The third-order valence-corrected chi connectivity index (χ3v) is 7.85. The first-order valence-electron chi connectivity index (χ1n) is 10.0. The Morgan fingerprint density at radius 2 is 1.76 bits per heavy atom. The van der Waals surface area contributed by atoms with E-state index in [4.69, 9.17) is 16.3 Å². The number of sulfonamides is 1. The van der Waals surface area contributed by atoms with Crippen molar-refractivity contribution in [2.45, 2.75) is 11.4 Å². The number of para-hydroxylation sites is 1. The Morgan fingerprint density at radius 3 is 2.44 bits per heavy atom. The van der Waals surface area contributed by atoms with Gasteiger partial charge in [-0.1, -0.05) is 48.0 Å². The summed E-state index contributed by atoms with van der Waals surface area (Å²) in [5.74, 6) is 0.708. The number of rotatable bonds is 7. The number of thiazole rings is 1. The molecule has 1 N–H and O–H groups in total. The van der Waals surface area contributed by atoms with Gasteiger partial charge >= 0.3 is 0 Å². The lowest BCUT2D eigenvalue weighted by atomic mass is 10.2. The maximum absolute atomic E-state index is 13.0. The summed E-state index contributed by atoms with van der Waals surface area (Å²) < 4.78 is 35.7. The number of ether oxygens (including phenoxy) is 1. The third kappa shape index (κ3) is 5.89. The molecule has 6 nitrogen and oxygen atoms in total. The van der Waals surface area contributed by atoms with Crippen LogP contribution in [0.25, 0.3) is 11.3 Å². The highest BCUT2D eigenvalue weighted by Crippen LogP contribution is 2.29. The molecule has 34 heavy (non-hydrogen) atoms. The van der Waals surface area contributed by atoms with Crippen molar-refractivity contribution in [3.63, 3.8) is 0 Å². The Bertz CT molecular complexity index is 1430. The summed E-state index contributed by atoms with van der Waals surface area (Å²) in [6, 6.07) is 21.9. The van der Waals surface area contributed by atoms with Crippen LogP contribution < -0.4 is 14.3 Å². The molecular weight excluding hydrogens is 513 g/mol. The SMILES string of the molecule is COc1ccc(CNS(=O)(=O)c2cc(-c3csc(=Nc4ccccc4)n3C)ccc2Cl)cc1.Cl. The maximum Gasteiger partial charge on any atom is 0.242 e. The standard InChI is InChI=1S/C24H22ClN3O3S2.ClH/c1-28-22(16-32-24(28)27-19-6-4-3-5-7-19)18-10-13-21(25)23(14-18)33(29,30)26-15-17-8-11-20(31-2)12-9-17;/h3-14,16,26H,15H2,1-2H3;1H. The van der Waals surface area contributed by atoms with Crippen LogP contribution in [-0.2, 0) is 23.6 Å². The Hall–Kier alpha value is -2.62. The largest absolute Gasteiger partial charge is 0.497 e. The highest BCUT2D eigenvalue weighted by atomic mass is 35.5. The fourth-order valence-corrected chi connectivity index (χ4v) is 5.68. The van der Waals surface area contributed by atoms with Gasteiger partial charge in [0.2, 0.25) is 10.0 Å². The average Bonchev–Trinajstić information content (AvgIpc) is 3.19. The Balaban J connectivity index is 0.00000324. The number of hydrogen-bond acceptors (Lipinski definition) is 5. The molecule has 1 aromatic heterocycles. The topological polar surface area (TPSA) is 72.7 Å². The third-order valence-electron chi connectivity index (χ3n) is 5.05. The summed E-state index contributed by atoms with van der Waals surface area (Å²) in [7, 11) is -0.349. The average molecular weight is 537 g/mol. The number of nitrogens with zero attached hydrogens (tertiary/aromatic N) is 2.